The van der Waals surface area contributed by atoms with E-state index in [2.05, 4.69) is 212 Å². The van der Waals surface area contributed by atoms with Crippen molar-refractivity contribution in [3.63, 3.8) is 0 Å². The van der Waals surface area contributed by atoms with E-state index in [9.17, 15) is 0 Å². The van der Waals surface area contributed by atoms with Gasteiger partial charge in [-0.2, -0.15) is 0 Å². The van der Waals surface area contributed by atoms with Crippen molar-refractivity contribution in [2.45, 2.75) is 64.7 Å². The van der Waals surface area contributed by atoms with E-state index < -0.39 is 0 Å². The molecule has 61 heavy (non-hydrogen) atoms. The van der Waals surface area contributed by atoms with Crippen molar-refractivity contribution < 1.29 is 4.42 Å². The first-order chi connectivity index (χ1) is 29.4. The second-order valence-electron chi connectivity index (χ2n) is 19.6. The first kappa shape index (κ1) is 36.2. The minimum Gasteiger partial charge on any atom is -0.455 e. The quantitative estimate of drug-likeness (QED) is 0.163. The zero-order chi connectivity index (χ0) is 41.6. The Morgan fingerprint density at radius 1 is 0.393 bits per heavy atom. The van der Waals surface area contributed by atoms with Crippen LogP contribution in [0, 0.1) is 0 Å². The van der Waals surface area contributed by atoms with Crippen molar-refractivity contribution in [3.05, 3.63) is 192 Å². The van der Waals surface area contributed by atoms with Crippen LogP contribution in [-0.4, -0.2) is 0 Å². The summed E-state index contributed by atoms with van der Waals surface area (Å²) in [5.41, 5.74) is 21.1. The molecule has 0 saturated carbocycles. The zero-order valence-corrected chi connectivity index (χ0v) is 36.0. The molecular formula is C60H48O. The van der Waals surface area contributed by atoms with Gasteiger partial charge in [0, 0.05) is 27.2 Å². The molecule has 0 saturated heterocycles. The fraction of sp³-hybridized carbons (Fsp3) is 0.167. The molecule has 0 radical (unpaired) electrons. The molecule has 9 aromatic carbocycles. The molecule has 10 aromatic rings. The van der Waals surface area contributed by atoms with E-state index in [4.69, 9.17) is 4.42 Å². The number of hydrogen-bond acceptors (Lipinski definition) is 1. The van der Waals surface area contributed by atoms with Gasteiger partial charge in [0.2, 0.25) is 0 Å². The lowest BCUT2D eigenvalue weighted by Crippen LogP contribution is -2.24. The lowest BCUT2D eigenvalue weighted by molar-refractivity contribution is 0.591. The Balaban J connectivity index is 1.13. The van der Waals surface area contributed by atoms with Crippen molar-refractivity contribution in [3.8, 4) is 55.6 Å². The van der Waals surface area contributed by atoms with E-state index in [1.807, 2.05) is 0 Å². The summed E-state index contributed by atoms with van der Waals surface area (Å²) in [6.45, 7) is 16.7. The van der Waals surface area contributed by atoms with Crippen molar-refractivity contribution in [1.29, 1.82) is 0 Å². The van der Waals surface area contributed by atoms with E-state index in [1.54, 1.807) is 0 Å². The SMILES string of the molecule is CC(C)(C)c1cc(-c2ccccc2)cc(-c2c3ccccc3c(-c3ccc4c(c3)C(C)(C)c3c5c(c6c(oc7ccccc76)c3-4)-c3ccccc3C5(C)C)c3ccccc23)c1. The Hall–Kier alpha value is -6.70. The lowest BCUT2D eigenvalue weighted by Gasteiger charge is -2.31. The predicted octanol–water partition coefficient (Wildman–Crippen LogP) is 16.8. The largest absolute Gasteiger partial charge is 0.455 e. The van der Waals surface area contributed by atoms with Crippen molar-refractivity contribution >= 4 is 43.5 Å². The Morgan fingerprint density at radius 3 is 1.59 bits per heavy atom. The van der Waals surface area contributed by atoms with E-state index >= 15 is 0 Å². The molecule has 0 spiro atoms. The van der Waals surface area contributed by atoms with Crippen molar-refractivity contribution in [2.24, 2.45) is 0 Å². The second kappa shape index (κ2) is 12.4. The number of para-hydroxylation sites is 1. The average molecular weight is 785 g/mol. The van der Waals surface area contributed by atoms with Crippen molar-refractivity contribution in [2.75, 3.05) is 0 Å². The van der Waals surface area contributed by atoms with Gasteiger partial charge in [0.1, 0.15) is 11.2 Å². The molecule has 0 atom stereocenters. The molecule has 1 aromatic heterocycles. The van der Waals surface area contributed by atoms with Gasteiger partial charge in [-0.25, -0.2) is 0 Å². The zero-order valence-electron chi connectivity index (χ0n) is 36.0. The number of benzene rings is 9. The summed E-state index contributed by atoms with van der Waals surface area (Å²) >= 11 is 0. The van der Waals surface area contributed by atoms with Gasteiger partial charge >= 0.3 is 0 Å². The predicted molar refractivity (Wildman–Crippen MR) is 259 cm³/mol. The monoisotopic (exact) mass is 784 g/mol. The Morgan fingerprint density at radius 2 is 0.918 bits per heavy atom. The molecule has 294 valence electrons. The van der Waals surface area contributed by atoms with Gasteiger partial charge in [-0.05, 0) is 123 Å². The van der Waals surface area contributed by atoms with Crippen molar-refractivity contribution in [1.82, 2.24) is 0 Å². The number of furan rings is 1. The third kappa shape index (κ3) is 4.95. The molecule has 0 amide bonds. The van der Waals surface area contributed by atoms with Crippen LogP contribution < -0.4 is 0 Å². The number of rotatable bonds is 3. The third-order valence-corrected chi connectivity index (χ3v) is 14.3. The van der Waals surface area contributed by atoms with Gasteiger partial charge in [-0.1, -0.05) is 194 Å². The van der Waals surface area contributed by atoms with Gasteiger partial charge in [0.15, 0.2) is 0 Å². The highest BCUT2D eigenvalue weighted by atomic mass is 16.3. The van der Waals surface area contributed by atoms with Gasteiger partial charge in [-0.15, -0.1) is 0 Å². The lowest BCUT2D eigenvalue weighted by atomic mass is 9.72. The molecule has 0 unspecified atom stereocenters. The maximum absolute atomic E-state index is 7.01. The fourth-order valence-corrected chi connectivity index (χ4v) is 11.4. The van der Waals surface area contributed by atoms with Gasteiger partial charge in [0.05, 0.1) is 0 Å². The molecule has 0 N–H and O–H groups in total. The molecule has 0 aliphatic heterocycles. The summed E-state index contributed by atoms with van der Waals surface area (Å²) in [5, 5.41) is 7.51. The van der Waals surface area contributed by atoms with Gasteiger partial charge < -0.3 is 4.42 Å². The molecule has 12 rings (SSSR count). The van der Waals surface area contributed by atoms with Gasteiger partial charge in [-0.3, -0.25) is 0 Å². The number of hydrogen-bond donors (Lipinski definition) is 0. The highest BCUT2D eigenvalue weighted by Crippen LogP contribution is 2.63. The summed E-state index contributed by atoms with van der Waals surface area (Å²) in [6.07, 6.45) is 0. The summed E-state index contributed by atoms with van der Waals surface area (Å²) in [5.74, 6) is 0. The summed E-state index contributed by atoms with van der Waals surface area (Å²) in [4.78, 5) is 0. The molecular weight excluding hydrogens is 737 g/mol. The van der Waals surface area contributed by atoms with E-state index in [0.717, 1.165) is 11.2 Å². The van der Waals surface area contributed by atoms with Crippen LogP contribution in [0.15, 0.2) is 168 Å². The van der Waals surface area contributed by atoms with Crippen LogP contribution >= 0.6 is 0 Å². The molecule has 0 bridgehead atoms. The first-order valence-corrected chi connectivity index (χ1v) is 21.8. The van der Waals surface area contributed by atoms with Crippen LogP contribution in [0.1, 0.15) is 76.3 Å². The molecule has 0 fully saturated rings. The molecule has 1 nitrogen and oxygen atoms in total. The van der Waals surface area contributed by atoms with E-state index in [1.165, 1.54) is 116 Å². The summed E-state index contributed by atoms with van der Waals surface area (Å²) in [6, 6.07) is 61.2. The minimum absolute atomic E-state index is 0.0219. The Labute approximate surface area is 358 Å². The molecule has 2 aliphatic carbocycles. The van der Waals surface area contributed by atoms with Crippen LogP contribution in [0.3, 0.4) is 0 Å². The minimum atomic E-state index is -0.288. The maximum atomic E-state index is 7.01. The topological polar surface area (TPSA) is 13.1 Å². The van der Waals surface area contributed by atoms with Crippen LogP contribution in [0.25, 0.3) is 99.1 Å². The summed E-state index contributed by atoms with van der Waals surface area (Å²) < 4.78 is 7.01. The smallest absolute Gasteiger partial charge is 0.144 e. The van der Waals surface area contributed by atoms with Crippen LogP contribution in [0.2, 0.25) is 0 Å². The highest BCUT2D eigenvalue weighted by Gasteiger charge is 2.48. The first-order valence-electron chi connectivity index (χ1n) is 21.8. The summed E-state index contributed by atoms with van der Waals surface area (Å²) in [7, 11) is 0. The second-order valence-corrected chi connectivity index (χ2v) is 19.6. The van der Waals surface area contributed by atoms with Crippen LogP contribution in [0.4, 0.5) is 0 Å². The standard InChI is InChI=1S/C60H48O/c1-58(2,3)39-32-37(35-19-9-8-10-20-35)31-38(33-39)51-42-23-13-11-21-40(42)50(41-22-12-14-24-43(41)51)36-29-30-45-48(34-36)60(6,7)56-54(45)57-53(46-26-16-18-28-49(46)61-57)52-44-25-15-17-27-47(44)59(4,5)55(52)56/h8-34H,1-7H3. The van der Waals surface area contributed by atoms with E-state index in [0.29, 0.717) is 0 Å². The average Bonchev–Trinajstić information content (AvgIpc) is 3.85. The van der Waals surface area contributed by atoms with Crippen LogP contribution in [-0.2, 0) is 16.2 Å². The third-order valence-electron chi connectivity index (χ3n) is 14.3. The van der Waals surface area contributed by atoms with Crippen LogP contribution in [0.5, 0.6) is 0 Å². The molecule has 2 aliphatic rings. The maximum Gasteiger partial charge on any atom is 0.144 e. The van der Waals surface area contributed by atoms with Gasteiger partial charge in [0.25, 0.3) is 0 Å². The fourth-order valence-electron chi connectivity index (χ4n) is 11.4. The Bertz CT molecular complexity index is 3440. The number of fused-ring (bicyclic) bond motifs is 14. The van der Waals surface area contributed by atoms with E-state index in [-0.39, 0.29) is 16.2 Å². The highest BCUT2D eigenvalue weighted by molar-refractivity contribution is 6.23. The Kier molecular flexibility index (Phi) is 7.37. The normalized spacial score (nSPS) is 14.7. The molecule has 1 heteroatoms. The molecule has 1 heterocycles.